The molecule has 1 atom stereocenters. The average molecular weight is 521 g/mol. The van der Waals surface area contributed by atoms with Crippen molar-refractivity contribution in [3.8, 4) is 0 Å². The van der Waals surface area contributed by atoms with Gasteiger partial charge in [-0.2, -0.15) is 0 Å². The van der Waals surface area contributed by atoms with E-state index in [2.05, 4.69) is 4.99 Å². The molecule has 1 aliphatic heterocycles. The molecule has 4 aromatic rings. The summed E-state index contributed by atoms with van der Waals surface area (Å²) in [5.41, 5.74) is 18.0. The summed E-state index contributed by atoms with van der Waals surface area (Å²) in [6.45, 7) is 5.82. The van der Waals surface area contributed by atoms with Crippen LogP contribution in [0.15, 0.2) is 108 Å². The monoisotopic (exact) mass is 520 g/mol. The Balaban J connectivity index is 0.000000357. The van der Waals surface area contributed by atoms with Crippen molar-refractivity contribution >= 4 is 35.6 Å². The molecular weight excluding hydrogens is 488 g/mol. The zero-order valence-electron chi connectivity index (χ0n) is 22.1. The lowest BCUT2D eigenvalue weighted by atomic mass is 9.99. The highest BCUT2D eigenvalue weighted by Crippen LogP contribution is 2.28. The molecule has 0 fully saturated rings. The minimum Gasteiger partial charge on any atom is -0.399 e. The smallest absolute Gasteiger partial charge is 0.266 e. The Morgan fingerprint density at radius 2 is 1.51 bits per heavy atom. The second-order valence-corrected chi connectivity index (χ2v) is 8.88. The molecule has 5 rings (SSSR count). The first-order valence-electron chi connectivity index (χ1n) is 12.3. The fourth-order valence-corrected chi connectivity index (χ4v) is 4.23. The number of para-hydroxylation sites is 1. The van der Waals surface area contributed by atoms with E-state index in [1.54, 1.807) is 6.07 Å². The Bertz CT molecular complexity index is 1450. The second kappa shape index (κ2) is 13.6. The standard InChI is InChI=1S/C24H21N3O2.C7H9N.CH2O/c1-16-9-5-6-12-18(16)21(28)15-27-20-14-8-7-13-19(20)22(26-23(25)24(27)29)17-10-3-2-4-11-17;1-6-3-2-4-7(8)5-6;1-2/h2-14,23H,15,25H2,1H3;2-5H,8H2,1H3;1H2. The first-order chi connectivity index (χ1) is 18.8. The molecule has 7 heteroatoms. The van der Waals surface area contributed by atoms with Gasteiger partial charge in [-0.1, -0.05) is 84.9 Å². The van der Waals surface area contributed by atoms with Gasteiger partial charge >= 0.3 is 0 Å². The Labute approximate surface area is 228 Å². The first-order valence-corrected chi connectivity index (χ1v) is 12.3. The third-order valence-electron chi connectivity index (χ3n) is 6.07. The van der Waals surface area contributed by atoms with Gasteiger partial charge in [-0.3, -0.25) is 14.6 Å². The molecule has 1 amide bonds. The van der Waals surface area contributed by atoms with E-state index in [0.29, 0.717) is 17.0 Å². The highest BCUT2D eigenvalue weighted by molar-refractivity contribution is 6.21. The van der Waals surface area contributed by atoms with Crippen LogP contribution < -0.4 is 16.4 Å². The number of fused-ring (bicyclic) bond motifs is 1. The quantitative estimate of drug-likeness (QED) is 0.298. The molecule has 4 aromatic carbocycles. The Kier molecular flexibility index (Phi) is 10.0. The number of rotatable bonds is 4. The zero-order valence-corrected chi connectivity index (χ0v) is 22.1. The van der Waals surface area contributed by atoms with Gasteiger partial charge in [-0.15, -0.1) is 0 Å². The van der Waals surface area contributed by atoms with E-state index in [9.17, 15) is 9.59 Å². The van der Waals surface area contributed by atoms with Crippen LogP contribution in [0, 0.1) is 13.8 Å². The molecule has 0 spiro atoms. The van der Waals surface area contributed by atoms with Crippen LogP contribution in [-0.2, 0) is 9.59 Å². The number of anilines is 2. The van der Waals surface area contributed by atoms with Crippen LogP contribution in [0.4, 0.5) is 11.4 Å². The third kappa shape index (κ3) is 7.12. The van der Waals surface area contributed by atoms with Gasteiger partial charge in [-0.25, -0.2) is 0 Å². The molecule has 1 heterocycles. The van der Waals surface area contributed by atoms with E-state index in [-0.39, 0.29) is 12.3 Å². The molecule has 0 saturated carbocycles. The van der Waals surface area contributed by atoms with Crippen LogP contribution >= 0.6 is 0 Å². The van der Waals surface area contributed by atoms with Crippen molar-refractivity contribution < 1.29 is 14.4 Å². The lowest BCUT2D eigenvalue weighted by Crippen LogP contribution is -2.44. The van der Waals surface area contributed by atoms with Crippen LogP contribution in [0.25, 0.3) is 0 Å². The number of carbonyl (C=O) groups excluding carboxylic acids is 3. The maximum absolute atomic E-state index is 13.1. The van der Waals surface area contributed by atoms with Gasteiger partial charge in [0.1, 0.15) is 6.79 Å². The van der Waals surface area contributed by atoms with E-state index in [1.165, 1.54) is 10.5 Å². The van der Waals surface area contributed by atoms with E-state index in [1.807, 2.05) is 118 Å². The first kappa shape index (κ1) is 28.7. The van der Waals surface area contributed by atoms with Crippen molar-refractivity contribution in [2.75, 3.05) is 17.2 Å². The minimum absolute atomic E-state index is 0.0913. The number of aliphatic imine (C=N–C) groups is 1. The van der Waals surface area contributed by atoms with E-state index in [0.717, 1.165) is 22.4 Å². The summed E-state index contributed by atoms with van der Waals surface area (Å²) in [4.78, 5) is 40.0. The molecule has 0 aromatic heterocycles. The molecule has 0 radical (unpaired) electrons. The van der Waals surface area contributed by atoms with Gasteiger partial charge in [0.25, 0.3) is 5.91 Å². The lowest BCUT2D eigenvalue weighted by Gasteiger charge is -2.24. The highest BCUT2D eigenvalue weighted by atomic mass is 16.2. The number of hydrogen-bond acceptors (Lipinski definition) is 6. The van der Waals surface area contributed by atoms with Crippen molar-refractivity contribution in [2.24, 2.45) is 10.7 Å². The summed E-state index contributed by atoms with van der Waals surface area (Å²) in [5, 5.41) is 0. The Hall–Kier alpha value is -4.88. The number of amides is 1. The number of benzodiazepines with no additional fused rings is 1. The molecule has 7 nitrogen and oxygen atoms in total. The molecule has 198 valence electrons. The molecule has 1 aliphatic rings. The number of nitrogens with zero attached hydrogens (tertiary/aromatic N) is 2. The largest absolute Gasteiger partial charge is 0.399 e. The van der Waals surface area contributed by atoms with Gasteiger partial charge in [0, 0.05) is 22.4 Å². The second-order valence-electron chi connectivity index (χ2n) is 8.88. The maximum atomic E-state index is 13.1. The Morgan fingerprint density at radius 1 is 0.872 bits per heavy atom. The fourth-order valence-electron chi connectivity index (χ4n) is 4.23. The van der Waals surface area contributed by atoms with Crippen molar-refractivity contribution in [3.63, 3.8) is 0 Å². The SMILES string of the molecule is C=O.Cc1cccc(N)c1.Cc1ccccc1C(=O)CN1C(=O)C(N)N=C(c2ccccc2)c2ccccc21. The van der Waals surface area contributed by atoms with Crippen molar-refractivity contribution in [1.29, 1.82) is 0 Å². The van der Waals surface area contributed by atoms with Crippen LogP contribution in [-0.4, -0.2) is 36.9 Å². The van der Waals surface area contributed by atoms with E-state index >= 15 is 0 Å². The van der Waals surface area contributed by atoms with Crippen LogP contribution in [0.5, 0.6) is 0 Å². The number of benzene rings is 4. The van der Waals surface area contributed by atoms with Crippen molar-refractivity contribution in [1.82, 2.24) is 0 Å². The summed E-state index contributed by atoms with van der Waals surface area (Å²) in [6.07, 6.45) is -1.08. The van der Waals surface area contributed by atoms with Crippen molar-refractivity contribution in [3.05, 3.63) is 131 Å². The van der Waals surface area contributed by atoms with Gasteiger partial charge in [0.05, 0.1) is 17.9 Å². The molecule has 4 N–H and O–H groups in total. The molecule has 0 saturated heterocycles. The molecule has 0 bridgehead atoms. The van der Waals surface area contributed by atoms with Crippen molar-refractivity contribution in [2.45, 2.75) is 20.0 Å². The molecule has 39 heavy (non-hydrogen) atoms. The normalized spacial score (nSPS) is 13.9. The number of nitrogen functional groups attached to an aromatic ring is 1. The molecule has 1 unspecified atom stereocenters. The third-order valence-corrected chi connectivity index (χ3v) is 6.07. The number of ketones is 1. The predicted molar refractivity (Wildman–Crippen MR) is 157 cm³/mol. The summed E-state index contributed by atoms with van der Waals surface area (Å²) in [5.74, 6) is -0.535. The molecular formula is C32H32N4O3. The predicted octanol–water partition coefficient (Wildman–Crippen LogP) is 4.74. The summed E-state index contributed by atoms with van der Waals surface area (Å²) in [6, 6.07) is 32.2. The van der Waals surface area contributed by atoms with Gasteiger partial charge < -0.3 is 21.2 Å². The Morgan fingerprint density at radius 3 is 2.15 bits per heavy atom. The highest BCUT2D eigenvalue weighted by Gasteiger charge is 2.31. The summed E-state index contributed by atoms with van der Waals surface area (Å²) < 4.78 is 0. The van der Waals surface area contributed by atoms with Gasteiger partial charge in [0.2, 0.25) is 0 Å². The summed E-state index contributed by atoms with van der Waals surface area (Å²) in [7, 11) is 0. The lowest BCUT2D eigenvalue weighted by molar-refractivity contribution is -0.119. The number of Topliss-reactive ketones (excluding diaryl/α,β-unsaturated/α-hetero) is 1. The average Bonchev–Trinajstić information content (AvgIpc) is 3.05. The van der Waals surface area contributed by atoms with Gasteiger partial charge in [0.15, 0.2) is 11.9 Å². The summed E-state index contributed by atoms with van der Waals surface area (Å²) >= 11 is 0. The van der Waals surface area contributed by atoms with Crippen LogP contribution in [0.1, 0.15) is 32.6 Å². The van der Waals surface area contributed by atoms with Crippen LogP contribution in [0.3, 0.4) is 0 Å². The minimum atomic E-state index is -1.08. The van der Waals surface area contributed by atoms with Gasteiger partial charge in [-0.05, 0) is 43.2 Å². The topological polar surface area (TPSA) is 119 Å². The zero-order chi connectivity index (χ0) is 28.4. The van der Waals surface area contributed by atoms with E-state index < -0.39 is 12.1 Å². The fraction of sp³-hybridized carbons (Fsp3) is 0.125. The number of carbonyl (C=O) groups is 3. The number of nitrogens with two attached hydrogens (primary N) is 2. The van der Waals surface area contributed by atoms with E-state index in [4.69, 9.17) is 16.3 Å². The number of aryl methyl sites for hydroxylation is 2. The molecule has 0 aliphatic carbocycles. The van der Waals surface area contributed by atoms with Crippen LogP contribution in [0.2, 0.25) is 0 Å². The maximum Gasteiger partial charge on any atom is 0.266 e. The number of hydrogen-bond donors (Lipinski definition) is 2.